The van der Waals surface area contributed by atoms with Crippen LogP contribution in [0.3, 0.4) is 0 Å². The van der Waals surface area contributed by atoms with Gasteiger partial charge in [-0.3, -0.25) is 4.79 Å². The second kappa shape index (κ2) is 6.70. The molecule has 1 fully saturated rings. The molecule has 0 bridgehead atoms. The molecule has 1 saturated carbocycles. The summed E-state index contributed by atoms with van der Waals surface area (Å²) in [5.74, 6) is 1.50. The van der Waals surface area contributed by atoms with Crippen molar-refractivity contribution in [1.82, 2.24) is 5.32 Å². The molecule has 1 aliphatic carbocycles. The highest BCUT2D eigenvalue weighted by atomic mass is 16.5. The van der Waals surface area contributed by atoms with Crippen molar-refractivity contribution >= 4 is 11.6 Å². The minimum Gasteiger partial charge on any atom is -0.497 e. The summed E-state index contributed by atoms with van der Waals surface area (Å²) >= 11 is 0. The minimum absolute atomic E-state index is 0.163. The van der Waals surface area contributed by atoms with Gasteiger partial charge in [0.15, 0.2) is 0 Å². The molecule has 5 nitrogen and oxygen atoms in total. The Hall–Kier alpha value is -1.91. The van der Waals surface area contributed by atoms with Crippen LogP contribution in [-0.2, 0) is 0 Å². The van der Waals surface area contributed by atoms with Gasteiger partial charge in [-0.15, -0.1) is 0 Å². The van der Waals surface area contributed by atoms with Crippen molar-refractivity contribution in [3.8, 4) is 11.5 Å². The van der Waals surface area contributed by atoms with Crippen LogP contribution in [0.2, 0.25) is 0 Å². The molecule has 0 saturated heterocycles. The molecule has 3 N–H and O–H groups in total. The number of methoxy groups -OCH3 is 2. The van der Waals surface area contributed by atoms with Gasteiger partial charge in [0.2, 0.25) is 0 Å². The number of ether oxygens (including phenoxy) is 2. The van der Waals surface area contributed by atoms with E-state index in [1.165, 1.54) is 13.5 Å². The summed E-state index contributed by atoms with van der Waals surface area (Å²) in [6, 6.07) is 3.55. The first kappa shape index (κ1) is 15.5. The van der Waals surface area contributed by atoms with Gasteiger partial charge in [-0.2, -0.15) is 0 Å². The standard InChI is InChI=1S/C16H24N2O3/c1-10-5-4-6-11(7-10)18-16(19)13-8-12(20-2)9-14(21-3)15(13)17/h8-11H,4-7,17H2,1-3H3,(H,18,19). The Labute approximate surface area is 125 Å². The number of nitrogens with two attached hydrogens (primary N) is 1. The Bertz CT molecular complexity index is 516. The number of anilines is 1. The number of hydrogen-bond donors (Lipinski definition) is 2. The number of benzene rings is 1. The van der Waals surface area contributed by atoms with Crippen molar-refractivity contribution in [2.45, 2.75) is 38.6 Å². The topological polar surface area (TPSA) is 73.6 Å². The van der Waals surface area contributed by atoms with Crippen molar-refractivity contribution in [2.75, 3.05) is 20.0 Å². The van der Waals surface area contributed by atoms with E-state index in [1.807, 2.05) is 0 Å². The van der Waals surface area contributed by atoms with E-state index in [9.17, 15) is 4.79 Å². The molecule has 0 aliphatic heterocycles. The maximum absolute atomic E-state index is 12.5. The summed E-state index contributed by atoms with van der Waals surface area (Å²) in [5.41, 5.74) is 6.76. The highest BCUT2D eigenvalue weighted by molar-refractivity contribution is 6.01. The van der Waals surface area contributed by atoms with Gasteiger partial charge in [0.1, 0.15) is 11.5 Å². The van der Waals surface area contributed by atoms with E-state index in [-0.39, 0.29) is 11.9 Å². The smallest absolute Gasteiger partial charge is 0.253 e. The molecule has 21 heavy (non-hydrogen) atoms. The van der Waals surface area contributed by atoms with Gasteiger partial charge in [0, 0.05) is 12.1 Å². The van der Waals surface area contributed by atoms with Gasteiger partial charge < -0.3 is 20.5 Å². The zero-order valence-electron chi connectivity index (χ0n) is 12.9. The normalized spacial score (nSPS) is 21.7. The second-order valence-electron chi connectivity index (χ2n) is 5.73. The van der Waals surface area contributed by atoms with Crippen molar-refractivity contribution in [3.63, 3.8) is 0 Å². The fourth-order valence-electron chi connectivity index (χ4n) is 2.90. The van der Waals surface area contributed by atoms with E-state index in [0.29, 0.717) is 28.7 Å². The van der Waals surface area contributed by atoms with E-state index in [0.717, 1.165) is 19.3 Å². The first-order chi connectivity index (χ1) is 10.0. The van der Waals surface area contributed by atoms with Gasteiger partial charge in [0.05, 0.1) is 25.5 Å². The van der Waals surface area contributed by atoms with Gasteiger partial charge in [-0.05, 0) is 24.8 Å². The van der Waals surface area contributed by atoms with Crippen LogP contribution in [-0.4, -0.2) is 26.2 Å². The fourth-order valence-corrected chi connectivity index (χ4v) is 2.90. The molecule has 2 rings (SSSR count). The number of nitrogens with one attached hydrogen (secondary N) is 1. The SMILES string of the molecule is COc1cc(OC)c(N)c(C(=O)NC2CCCC(C)C2)c1. The Morgan fingerprint density at radius 2 is 2.05 bits per heavy atom. The lowest BCUT2D eigenvalue weighted by Gasteiger charge is -2.27. The first-order valence-electron chi connectivity index (χ1n) is 7.37. The molecule has 0 radical (unpaired) electrons. The van der Waals surface area contributed by atoms with E-state index in [4.69, 9.17) is 15.2 Å². The number of carbonyl (C=O) groups excluding carboxylic acids is 1. The van der Waals surface area contributed by atoms with Crippen LogP contribution in [0.25, 0.3) is 0 Å². The monoisotopic (exact) mass is 292 g/mol. The van der Waals surface area contributed by atoms with Crippen LogP contribution in [0.5, 0.6) is 11.5 Å². The molecule has 0 aromatic heterocycles. The molecule has 1 amide bonds. The molecule has 2 atom stereocenters. The third-order valence-corrected chi connectivity index (χ3v) is 4.09. The summed E-state index contributed by atoms with van der Waals surface area (Å²) in [5, 5.41) is 3.08. The fraction of sp³-hybridized carbons (Fsp3) is 0.562. The summed E-state index contributed by atoms with van der Waals surface area (Å²) in [7, 11) is 3.07. The summed E-state index contributed by atoms with van der Waals surface area (Å²) in [4.78, 5) is 12.5. The molecule has 1 aliphatic rings. The third-order valence-electron chi connectivity index (χ3n) is 4.09. The van der Waals surface area contributed by atoms with Crippen LogP contribution in [0.4, 0.5) is 5.69 Å². The minimum atomic E-state index is -0.163. The number of nitrogen functional groups attached to an aromatic ring is 1. The lowest BCUT2D eigenvalue weighted by Crippen LogP contribution is -2.38. The number of carbonyl (C=O) groups is 1. The molecule has 0 heterocycles. The first-order valence-corrected chi connectivity index (χ1v) is 7.37. The average Bonchev–Trinajstić information content (AvgIpc) is 2.47. The lowest BCUT2D eigenvalue weighted by molar-refractivity contribution is 0.0921. The third kappa shape index (κ3) is 3.60. The zero-order valence-corrected chi connectivity index (χ0v) is 12.9. The van der Waals surface area contributed by atoms with E-state index in [2.05, 4.69) is 12.2 Å². The average molecular weight is 292 g/mol. The van der Waals surface area contributed by atoms with Crippen LogP contribution in [0.1, 0.15) is 43.0 Å². The largest absolute Gasteiger partial charge is 0.497 e. The Morgan fingerprint density at radius 1 is 1.29 bits per heavy atom. The second-order valence-corrected chi connectivity index (χ2v) is 5.73. The molecule has 0 spiro atoms. The van der Waals surface area contributed by atoms with Crippen molar-refractivity contribution in [1.29, 1.82) is 0 Å². The van der Waals surface area contributed by atoms with Crippen LogP contribution >= 0.6 is 0 Å². The maximum Gasteiger partial charge on any atom is 0.253 e. The highest BCUT2D eigenvalue weighted by Crippen LogP contribution is 2.31. The maximum atomic E-state index is 12.5. The molecular weight excluding hydrogens is 268 g/mol. The van der Waals surface area contributed by atoms with Gasteiger partial charge in [-0.25, -0.2) is 0 Å². The summed E-state index contributed by atoms with van der Waals surface area (Å²) in [6.45, 7) is 2.22. The summed E-state index contributed by atoms with van der Waals surface area (Å²) < 4.78 is 10.4. The predicted molar refractivity (Wildman–Crippen MR) is 82.8 cm³/mol. The van der Waals surface area contributed by atoms with Crippen LogP contribution in [0.15, 0.2) is 12.1 Å². The molecule has 5 heteroatoms. The highest BCUT2D eigenvalue weighted by Gasteiger charge is 2.23. The number of amides is 1. The number of hydrogen-bond acceptors (Lipinski definition) is 4. The van der Waals surface area contributed by atoms with Gasteiger partial charge in [-0.1, -0.05) is 19.8 Å². The number of rotatable bonds is 4. The van der Waals surface area contributed by atoms with Gasteiger partial charge in [0.25, 0.3) is 5.91 Å². The Kier molecular flexibility index (Phi) is 4.94. The molecule has 116 valence electrons. The summed E-state index contributed by atoms with van der Waals surface area (Å²) in [6.07, 6.45) is 4.44. The molecule has 1 aromatic rings. The lowest BCUT2D eigenvalue weighted by atomic mass is 9.87. The molecule has 2 unspecified atom stereocenters. The predicted octanol–water partition coefficient (Wildman–Crippen LogP) is 2.59. The molecular formula is C16H24N2O3. The Balaban J connectivity index is 2.18. The van der Waals surface area contributed by atoms with E-state index >= 15 is 0 Å². The van der Waals surface area contributed by atoms with E-state index in [1.54, 1.807) is 19.2 Å². The molecule has 1 aromatic carbocycles. The zero-order chi connectivity index (χ0) is 15.4. The van der Waals surface area contributed by atoms with E-state index < -0.39 is 0 Å². The Morgan fingerprint density at radius 3 is 2.67 bits per heavy atom. The van der Waals surface area contributed by atoms with Crippen molar-refractivity contribution in [3.05, 3.63) is 17.7 Å². The van der Waals surface area contributed by atoms with Crippen molar-refractivity contribution in [2.24, 2.45) is 5.92 Å². The van der Waals surface area contributed by atoms with Crippen LogP contribution < -0.4 is 20.5 Å². The van der Waals surface area contributed by atoms with Crippen molar-refractivity contribution < 1.29 is 14.3 Å². The van der Waals surface area contributed by atoms with Gasteiger partial charge >= 0.3 is 0 Å². The van der Waals surface area contributed by atoms with Crippen LogP contribution in [0, 0.1) is 5.92 Å². The quantitative estimate of drug-likeness (QED) is 0.837.